The van der Waals surface area contributed by atoms with Gasteiger partial charge in [0, 0.05) is 10.7 Å². The lowest BCUT2D eigenvalue weighted by molar-refractivity contribution is 1.16. The van der Waals surface area contributed by atoms with Gasteiger partial charge >= 0.3 is 0 Å². The van der Waals surface area contributed by atoms with Gasteiger partial charge in [0.1, 0.15) is 11.9 Å². The summed E-state index contributed by atoms with van der Waals surface area (Å²) in [4.78, 5) is 8.61. The Balaban J connectivity index is 1.83. The lowest BCUT2D eigenvalue weighted by Gasteiger charge is -2.10. The highest BCUT2D eigenvalue weighted by Crippen LogP contribution is 2.25. The van der Waals surface area contributed by atoms with Gasteiger partial charge in [-0.1, -0.05) is 24.3 Å². The molecule has 0 fully saturated rings. The normalized spacial score (nSPS) is 9.91. The van der Waals surface area contributed by atoms with Crippen LogP contribution in [0.25, 0.3) is 0 Å². The van der Waals surface area contributed by atoms with Crippen molar-refractivity contribution in [2.45, 2.75) is 0 Å². The molecular formula is C17H12BrN5. The minimum Gasteiger partial charge on any atom is -0.339 e. The second-order valence-corrected chi connectivity index (χ2v) is 5.51. The molecule has 2 aromatic carbocycles. The first kappa shape index (κ1) is 15.0. The molecule has 0 atom stereocenters. The third-order valence-electron chi connectivity index (χ3n) is 3.09. The Morgan fingerprint density at radius 1 is 0.913 bits per heavy atom. The van der Waals surface area contributed by atoms with E-state index in [2.05, 4.69) is 42.6 Å². The lowest BCUT2D eigenvalue weighted by atomic mass is 10.2. The largest absolute Gasteiger partial charge is 0.339 e. The predicted molar refractivity (Wildman–Crippen MR) is 93.9 cm³/mol. The van der Waals surface area contributed by atoms with E-state index in [0.717, 1.165) is 10.2 Å². The summed E-state index contributed by atoms with van der Waals surface area (Å²) in [5.41, 5.74) is 2.13. The summed E-state index contributed by atoms with van der Waals surface area (Å²) in [5, 5.41) is 15.4. The molecule has 1 aromatic heterocycles. The Hall–Kier alpha value is -2.91. The zero-order chi connectivity index (χ0) is 16.1. The average Bonchev–Trinajstić information content (AvgIpc) is 2.58. The minimum absolute atomic E-state index is 0.421. The highest BCUT2D eigenvalue weighted by atomic mass is 79.9. The van der Waals surface area contributed by atoms with Crippen LogP contribution in [0.1, 0.15) is 5.56 Å². The molecule has 1 heterocycles. The van der Waals surface area contributed by atoms with Gasteiger partial charge in [-0.15, -0.1) is 0 Å². The van der Waals surface area contributed by atoms with Crippen molar-refractivity contribution in [1.82, 2.24) is 9.97 Å². The fraction of sp³-hybridized carbons (Fsp3) is 0. The van der Waals surface area contributed by atoms with Crippen LogP contribution in [0.4, 0.5) is 23.1 Å². The highest BCUT2D eigenvalue weighted by Gasteiger charge is 2.05. The molecule has 0 spiro atoms. The summed E-state index contributed by atoms with van der Waals surface area (Å²) < 4.78 is 0.947. The van der Waals surface area contributed by atoms with Crippen LogP contribution >= 0.6 is 15.9 Å². The first-order chi connectivity index (χ1) is 11.3. The van der Waals surface area contributed by atoms with Crippen LogP contribution in [0.2, 0.25) is 0 Å². The highest BCUT2D eigenvalue weighted by molar-refractivity contribution is 9.10. The molecule has 6 heteroatoms. The molecule has 0 radical (unpaired) electrons. The number of hydrogen-bond acceptors (Lipinski definition) is 5. The first-order valence-corrected chi connectivity index (χ1v) is 7.66. The van der Waals surface area contributed by atoms with E-state index in [1.807, 2.05) is 42.5 Å². The Morgan fingerprint density at radius 3 is 2.43 bits per heavy atom. The summed E-state index contributed by atoms with van der Waals surface area (Å²) in [6, 6.07) is 18.9. The van der Waals surface area contributed by atoms with Crippen molar-refractivity contribution in [2.24, 2.45) is 0 Å². The Morgan fingerprint density at radius 2 is 1.65 bits per heavy atom. The van der Waals surface area contributed by atoms with Crippen molar-refractivity contribution in [1.29, 1.82) is 5.26 Å². The van der Waals surface area contributed by atoms with Gasteiger partial charge in [-0.3, -0.25) is 0 Å². The number of halogens is 1. The van der Waals surface area contributed by atoms with E-state index in [-0.39, 0.29) is 0 Å². The number of aromatic nitrogens is 2. The standard InChI is InChI=1S/C17H12BrN5/c18-13-6-2-4-8-15(13)21-16-9-10-20-17(23-16)22-14-7-3-1-5-12(14)11-19/h1-10H,(H2,20,21,22,23). The number of rotatable bonds is 4. The van der Waals surface area contributed by atoms with Gasteiger partial charge in [0.2, 0.25) is 5.95 Å². The fourth-order valence-corrected chi connectivity index (χ4v) is 2.38. The molecule has 0 saturated carbocycles. The van der Waals surface area contributed by atoms with Crippen LogP contribution in [-0.4, -0.2) is 9.97 Å². The van der Waals surface area contributed by atoms with Crippen LogP contribution in [0.15, 0.2) is 65.3 Å². The monoisotopic (exact) mass is 365 g/mol. The number of anilines is 4. The second kappa shape index (κ2) is 6.90. The Bertz CT molecular complexity index is 873. The molecule has 112 valence electrons. The van der Waals surface area contributed by atoms with Crippen LogP contribution in [-0.2, 0) is 0 Å². The topological polar surface area (TPSA) is 73.6 Å². The minimum atomic E-state index is 0.421. The maximum atomic E-state index is 9.13. The van der Waals surface area contributed by atoms with Gasteiger partial charge < -0.3 is 10.6 Å². The van der Waals surface area contributed by atoms with Crippen molar-refractivity contribution < 1.29 is 0 Å². The predicted octanol–water partition coefficient (Wildman–Crippen LogP) is 4.60. The van der Waals surface area contributed by atoms with Crippen molar-refractivity contribution in [2.75, 3.05) is 10.6 Å². The number of hydrogen-bond donors (Lipinski definition) is 2. The molecule has 3 aromatic rings. The second-order valence-electron chi connectivity index (χ2n) is 4.65. The molecule has 0 unspecified atom stereocenters. The number of nitrogens with zero attached hydrogens (tertiary/aromatic N) is 3. The van der Waals surface area contributed by atoms with Crippen LogP contribution in [0.3, 0.4) is 0 Å². The summed E-state index contributed by atoms with van der Waals surface area (Å²) in [6.07, 6.45) is 1.66. The molecule has 0 aliphatic heterocycles. The molecule has 0 aliphatic carbocycles. The Kier molecular flexibility index (Phi) is 4.50. The van der Waals surface area contributed by atoms with Crippen LogP contribution in [0, 0.1) is 11.3 Å². The zero-order valence-electron chi connectivity index (χ0n) is 12.0. The van der Waals surface area contributed by atoms with E-state index in [1.165, 1.54) is 0 Å². The number of benzene rings is 2. The average molecular weight is 366 g/mol. The van der Waals surface area contributed by atoms with Gasteiger partial charge in [-0.05, 0) is 46.3 Å². The van der Waals surface area contributed by atoms with Crippen molar-refractivity contribution in [3.63, 3.8) is 0 Å². The van der Waals surface area contributed by atoms with Gasteiger partial charge in [-0.2, -0.15) is 10.2 Å². The molecule has 23 heavy (non-hydrogen) atoms. The van der Waals surface area contributed by atoms with E-state index < -0.39 is 0 Å². The SMILES string of the molecule is N#Cc1ccccc1Nc1nccc(Nc2ccccc2Br)n1. The van der Waals surface area contributed by atoms with Gasteiger partial charge in [0.25, 0.3) is 0 Å². The van der Waals surface area contributed by atoms with E-state index in [4.69, 9.17) is 5.26 Å². The summed E-state index contributed by atoms with van der Waals surface area (Å²) in [5.74, 6) is 1.08. The van der Waals surface area contributed by atoms with Crippen LogP contribution < -0.4 is 10.6 Å². The van der Waals surface area contributed by atoms with Gasteiger partial charge in [0.05, 0.1) is 16.9 Å². The summed E-state index contributed by atoms with van der Waals surface area (Å²) in [6.45, 7) is 0. The van der Waals surface area contributed by atoms with E-state index in [0.29, 0.717) is 23.0 Å². The first-order valence-electron chi connectivity index (χ1n) is 6.87. The molecular weight excluding hydrogens is 354 g/mol. The third kappa shape index (κ3) is 3.65. The lowest BCUT2D eigenvalue weighted by Crippen LogP contribution is -2.01. The number of nitrogens with one attached hydrogen (secondary N) is 2. The van der Waals surface area contributed by atoms with Crippen molar-refractivity contribution in [3.05, 3.63) is 70.8 Å². The smallest absolute Gasteiger partial charge is 0.229 e. The molecule has 0 saturated heterocycles. The fourth-order valence-electron chi connectivity index (χ4n) is 2.00. The molecule has 0 bridgehead atoms. The van der Waals surface area contributed by atoms with Gasteiger partial charge in [-0.25, -0.2) is 4.98 Å². The maximum absolute atomic E-state index is 9.13. The summed E-state index contributed by atoms with van der Waals surface area (Å²) in [7, 11) is 0. The molecule has 5 nitrogen and oxygen atoms in total. The van der Waals surface area contributed by atoms with Crippen LogP contribution in [0.5, 0.6) is 0 Å². The third-order valence-corrected chi connectivity index (χ3v) is 3.78. The zero-order valence-corrected chi connectivity index (χ0v) is 13.6. The molecule has 0 aliphatic rings. The van der Waals surface area contributed by atoms with Crippen molar-refractivity contribution >= 4 is 39.1 Å². The number of para-hydroxylation sites is 2. The molecule has 3 rings (SSSR count). The van der Waals surface area contributed by atoms with Crippen molar-refractivity contribution in [3.8, 4) is 6.07 Å². The van der Waals surface area contributed by atoms with E-state index >= 15 is 0 Å². The molecule has 2 N–H and O–H groups in total. The van der Waals surface area contributed by atoms with E-state index in [9.17, 15) is 0 Å². The van der Waals surface area contributed by atoms with Gasteiger partial charge in [0.15, 0.2) is 0 Å². The summed E-state index contributed by atoms with van der Waals surface area (Å²) >= 11 is 3.49. The number of nitriles is 1. The maximum Gasteiger partial charge on any atom is 0.229 e. The molecule has 0 amide bonds. The quantitative estimate of drug-likeness (QED) is 0.706. The van der Waals surface area contributed by atoms with E-state index in [1.54, 1.807) is 18.3 Å². The Labute approximate surface area is 142 Å².